The zero-order chi connectivity index (χ0) is 15.3. The number of anilines is 1. The average Bonchev–Trinajstić information content (AvgIpc) is 3.08. The highest BCUT2D eigenvalue weighted by molar-refractivity contribution is 8.00. The molecule has 1 saturated heterocycles. The Balaban J connectivity index is 0.00000156. The number of nitrogens with one attached hydrogen (secondary N) is 1. The molecule has 2 fully saturated rings. The van der Waals surface area contributed by atoms with Crippen molar-refractivity contribution in [2.45, 2.75) is 23.8 Å². The molecule has 4 rings (SSSR count). The molecular weight excluding hydrogens is 334 g/mol. The fourth-order valence-corrected chi connectivity index (χ4v) is 4.66. The Morgan fingerprint density at radius 2 is 2.13 bits per heavy atom. The van der Waals surface area contributed by atoms with E-state index in [4.69, 9.17) is 5.73 Å². The van der Waals surface area contributed by atoms with Gasteiger partial charge in [-0.3, -0.25) is 9.59 Å². The summed E-state index contributed by atoms with van der Waals surface area (Å²) in [6, 6.07) is 5.83. The summed E-state index contributed by atoms with van der Waals surface area (Å²) in [5, 5.41) is 2.84. The van der Waals surface area contributed by atoms with Gasteiger partial charge in [0.2, 0.25) is 5.91 Å². The van der Waals surface area contributed by atoms with Gasteiger partial charge in [0.05, 0.1) is 11.4 Å². The molecule has 3 unspecified atom stereocenters. The third-order valence-electron chi connectivity index (χ3n) is 5.06. The Hall–Kier alpha value is -1.24. The maximum Gasteiger partial charge on any atom is 0.253 e. The predicted octanol–water partition coefficient (Wildman–Crippen LogP) is 1.96. The number of likely N-dealkylation sites (tertiary alicyclic amines) is 1. The lowest BCUT2D eigenvalue weighted by Gasteiger charge is -2.21. The standard InChI is InChI=1S/C16H19N3O2S.ClH/c17-12-3-1-10-6-19(7-11(10)12)16(21)9-2-4-14-13(5-9)18-15(20)8-22-14;/h2,4-5,10-12H,1,3,6-8,17H2,(H,18,20);1H. The molecule has 1 aromatic carbocycles. The molecule has 1 saturated carbocycles. The number of nitrogens with zero attached hydrogens (tertiary/aromatic N) is 1. The quantitative estimate of drug-likeness (QED) is 0.809. The number of nitrogens with two attached hydrogens (primary N) is 1. The zero-order valence-electron chi connectivity index (χ0n) is 12.7. The first-order valence-electron chi connectivity index (χ1n) is 7.73. The van der Waals surface area contributed by atoms with E-state index < -0.39 is 0 Å². The average molecular weight is 354 g/mol. The number of amides is 2. The van der Waals surface area contributed by atoms with Crippen molar-refractivity contribution in [2.75, 3.05) is 24.2 Å². The fourth-order valence-electron chi connectivity index (χ4n) is 3.87. The van der Waals surface area contributed by atoms with Crippen LogP contribution >= 0.6 is 24.2 Å². The number of hydrogen-bond donors (Lipinski definition) is 2. The van der Waals surface area contributed by atoms with Gasteiger partial charge < -0.3 is 16.0 Å². The van der Waals surface area contributed by atoms with Crippen LogP contribution < -0.4 is 11.1 Å². The first-order chi connectivity index (χ1) is 10.6. The summed E-state index contributed by atoms with van der Waals surface area (Å²) >= 11 is 1.51. The molecule has 1 aliphatic carbocycles. The van der Waals surface area contributed by atoms with Crippen molar-refractivity contribution in [3.63, 3.8) is 0 Å². The first kappa shape index (κ1) is 16.6. The minimum Gasteiger partial charge on any atom is -0.338 e. The number of halogens is 1. The number of benzene rings is 1. The van der Waals surface area contributed by atoms with Crippen molar-refractivity contribution >= 4 is 41.7 Å². The Labute approximate surface area is 145 Å². The van der Waals surface area contributed by atoms with Crippen molar-refractivity contribution in [3.05, 3.63) is 23.8 Å². The van der Waals surface area contributed by atoms with Gasteiger partial charge in [-0.25, -0.2) is 0 Å². The van der Waals surface area contributed by atoms with Crippen LogP contribution in [0, 0.1) is 11.8 Å². The highest BCUT2D eigenvalue weighted by atomic mass is 35.5. The second kappa shape index (κ2) is 6.34. The van der Waals surface area contributed by atoms with Crippen molar-refractivity contribution < 1.29 is 9.59 Å². The minimum atomic E-state index is -0.0104. The lowest BCUT2D eigenvalue weighted by molar-refractivity contribution is -0.113. The second-order valence-corrected chi connectivity index (χ2v) is 7.44. The molecular formula is C16H20ClN3O2S. The number of fused-ring (bicyclic) bond motifs is 2. The normalized spacial score (nSPS) is 28.7. The Kier molecular flexibility index (Phi) is 4.58. The summed E-state index contributed by atoms with van der Waals surface area (Å²) in [7, 11) is 0. The summed E-state index contributed by atoms with van der Waals surface area (Å²) in [5.74, 6) is 1.50. The lowest BCUT2D eigenvalue weighted by Crippen LogP contribution is -2.33. The van der Waals surface area contributed by atoms with Gasteiger partial charge in [-0.05, 0) is 42.9 Å². The lowest BCUT2D eigenvalue weighted by atomic mass is 9.98. The molecule has 3 N–H and O–H groups in total. The maximum absolute atomic E-state index is 12.7. The fraction of sp³-hybridized carbons (Fsp3) is 0.500. The molecule has 2 amide bonds. The zero-order valence-corrected chi connectivity index (χ0v) is 14.3. The third-order valence-corrected chi connectivity index (χ3v) is 6.13. The molecule has 124 valence electrons. The van der Waals surface area contributed by atoms with E-state index >= 15 is 0 Å². The summed E-state index contributed by atoms with van der Waals surface area (Å²) in [4.78, 5) is 27.2. The summed E-state index contributed by atoms with van der Waals surface area (Å²) in [5.41, 5.74) is 7.54. The van der Waals surface area contributed by atoms with Crippen LogP contribution in [0.15, 0.2) is 23.1 Å². The van der Waals surface area contributed by atoms with Crippen LogP contribution in [0.3, 0.4) is 0 Å². The molecule has 3 aliphatic rings. The van der Waals surface area contributed by atoms with Crippen LogP contribution in [0.4, 0.5) is 5.69 Å². The van der Waals surface area contributed by atoms with E-state index in [0.29, 0.717) is 23.2 Å². The number of thioether (sulfide) groups is 1. The van der Waals surface area contributed by atoms with E-state index in [2.05, 4.69) is 5.32 Å². The van der Waals surface area contributed by atoms with Gasteiger partial charge in [-0.15, -0.1) is 24.2 Å². The van der Waals surface area contributed by atoms with Crippen molar-refractivity contribution in [1.29, 1.82) is 0 Å². The molecule has 1 aromatic rings. The molecule has 2 aliphatic heterocycles. The van der Waals surface area contributed by atoms with E-state index in [1.165, 1.54) is 11.8 Å². The van der Waals surface area contributed by atoms with E-state index in [-0.39, 0.29) is 30.3 Å². The number of carbonyl (C=O) groups is 2. The van der Waals surface area contributed by atoms with E-state index in [9.17, 15) is 9.59 Å². The van der Waals surface area contributed by atoms with Crippen LogP contribution in [0.25, 0.3) is 0 Å². The highest BCUT2D eigenvalue weighted by Crippen LogP contribution is 2.38. The molecule has 23 heavy (non-hydrogen) atoms. The molecule has 0 spiro atoms. The van der Waals surface area contributed by atoms with Gasteiger partial charge in [0.1, 0.15) is 0 Å². The SMILES string of the molecule is Cl.NC1CCC2CN(C(=O)c3ccc4c(c3)NC(=O)CS4)CC12. The molecule has 2 heterocycles. The van der Waals surface area contributed by atoms with Crippen molar-refractivity contribution in [2.24, 2.45) is 17.6 Å². The minimum absolute atomic E-state index is 0. The smallest absolute Gasteiger partial charge is 0.253 e. The Morgan fingerprint density at radius 1 is 1.30 bits per heavy atom. The van der Waals surface area contributed by atoms with Crippen LogP contribution in [-0.4, -0.2) is 41.6 Å². The second-order valence-electron chi connectivity index (χ2n) is 6.42. The topological polar surface area (TPSA) is 75.4 Å². The molecule has 0 aromatic heterocycles. The number of carbonyl (C=O) groups excluding carboxylic acids is 2. The summed E-state index contributed by atoms with van der Waals surface area (Å²) in [6.45, 7) is 1.58. The van der Waals surface area contributed by atoms with Gasteiger partial charge >= 0.3 is 0 Å². The number of hydrogen-bond acceptors (Lipinski definition) is 4. The van der Waals surface area contributed by atoms with Crippen LogP contribution in [0.5, 0.6) is 0 Å². The van der Waals surface area contributed by atoms with Crippen LogP contribution in [0.1, 0.15) is 23.2 Å². The van der Waals surface area contributed by atoms with E-state index in [1.54, 1.807) is 6.07 Å². The largest absolute Gasteiger partial charge is 0.338 e. The molecule has 3 atom stereocenters. The predicted molar refractivity (Wildman–Crippen MR) is 93.1 cm³/mol. The molecule has 0 bridgehead atoms. The van der Waals surface area contributed by atoms with Crippen molar-refractivity contribution in [1.82, 2.24) is 4.90 Å². The number of rotatable bonds is 1. The first-order valence-corrected chi connectivity index (χ1v) is 8.72. The van der Waals surface area contributed by atoms with Gasteiger partial charge in [-0.1, -0.05) is 0 Å². The maximum atomic E-state index is 12.7. The van der Waals surface area contributed by atoms with Gasteiger partial charge in [0, 0.05) is 29.6 Å². The monoisotopic (exact) mass is 353 g/mol. The van der Waals surface area contributed by atoms with E-state index in [1.807, 2.05) is 17.0 Å². The van der Waals surface area contributed by atoms with Gasteiger partial charge in [-0.2, -0.15) is 0 Å². The molecule has 7 heteroatoms. The Bertz CT molecular complexity index is 654. The Morgan fingerprint density at radius 3 is 2.91 bits per heavy atom. The van der Waals surface area contributed by atoms with E-state index in [0.717, 1.165) is 36.5 Å². The van der Waals surface area contributed by atoms with Crippen LogP contribution in [0.2, 0.25) is 0 Å². The van der Waals surface area contributed by atoms with Gasteiger partial charge in [0.25, 0.3) is 5.91 Å². The molecule has 5 nitrogen and oxygen atoms in total. The van der Waals surface area contributed by atoms with Gasteiger partial charge in [0.15, 0.2) is 0 Å². The van der Waals surface area contributed by atoms with Crippen molar-refractivity contribution in [3.8, 4) is 0 Å². The van der Waals surface area contributed by atoms with Crippen LogP contribution in [-0.2, 0) is 4.79 Å². The molecule has 0 radical (unpaired) electrons. The third kappa shape index (κ3) is 2.95. The summed E-state index contributed by atoms with van der Waals surface area (Å²) < 4.78 is 0. The highest BCUT2D eigenvalue weighted by Gasteiger charge is 2.42. The summed E-state index contributed by atoms with van der Waals surface area (Å²) in [6.07, 6.45) is 2.21.